The average Bonchev–Trinajstić information content (AvgIpc) is 2.32. The predicted octanol–water partition coefficient (Wildman–Crippen LogP) is 2.77. The lowest BCUT2D eigenvalue weighted by Crippen LogP contribution is -2.32. The largest absolute Gasteiger partial charge is 0.382 e. The molecule has 1 rings (SSSR count). The van der Waals surface area contributed by atoms with E-state index in [1.54, 1.807) is 6.07 Å². The quantitative estimate of drug-likeness (QED) is 0.704. The summed E-state index contributed by atoms with van der Waals surface area (Å²) in [6, 6.07) is 7.25. The number of halogens is 1. The number of nitrogens with one attached hydrogen (secondary N) is 1. The smallest absolute Gasteiger partial charge is 0.126 e. The molecule has 1 aromatic carbocycles. The molecule has 3 heteroatoms. The van der Waals surface area contributed by atoms with Gasteiger partial charge < -0.3 is 10.1 Å². The molecule has 0 heterocycles. The molecule has 1 unspecified atom stereocenters. The summed E-state index contributed by atoms with van der Waals surface area (Å²) in [5.41, 5.74) is 0.773. The Morgan fingerprint density at radius 1 is 1.29 bits per heavy atom. The third-order valence-electron chi connectivity index (χ3n) is 2.73. The van der Waals surface area contributed by atoms with E-state index in [9.17, 15) is 4.39 Å². The summed E-state index contributed by atoms with van der Waals surface area (Å²) in [6.07, 6.45) is 1.63. The van der Waals surface area contributed by atoms with Gasteiger partial charge in [-0.1, -0.05) is 25.1 Å². The second kappa shape index (κ2) is 8.20. The number of hydrogen-bond acceptors (Lipinski definition) is 2. The van der Waals surface area contributed by atoms with Crippen LogP contribution in [0.15, 0.2) is 24.3 Å². The van der Waals surface area contributed by atoms with Crippen molar-refractivity contribution in [2.45, 2.75) is 32.7 Å². The lowest BCUT2D eigenvalue weighted by molar-refractivity contribution is 0.136. The third kappa shape index (κ3) is 5.29. The normalized spacial score (nSPS) is 12.6. The number of likely N-dealkylation sites (N-methyl/N-ethyl adjacent to an activating group) is 1. The Balaban J connectivity index is 2.50. The van der Waals surface area contributed by atoms with Gasteiger partial charge in [0.05, 0.1) is 0 Å². The van der Waals surface area contributed by atoms with Crippen molar-refractivity contribution < 1.29 is 9.13 Å². The molecule has 0 bridgehead atoms. The minimum Gasteiger partial charge on any atom is -0.382 e. The molecule has 0 saturated carbocycles. The molecule has 0 amide bonds. The Kier molecular flexibility index (Phi) is 6.82. The van der Waals surface area contributed by atoms with Crippen LogP contribution in [0.25, 0.3) is 0 Å². The van der Waals surface area contributed by atoms with Gasteiger partial charge in [0.25, 0.3) is 0 Å². The standard InChI is InChI=1S/C14H22FNO/c1-3-16-13(9-10-17-4-2)11-12-7-5-6-8-14(12)15/h5-8,13,16H,3-4,9-11H2,1-2H3. The van der Waals surface area contributed by atoms with Gasteiger partial charge in [-0.05, 0) is 37.9 Å². The molecule has 2 nitrogen and oxygen atoms in total. The molecule has 0 fully saturated rings. The van der Waals surface area contributed by atoms with E-state index in [1.165, 1.54) is 6.07 Å². The van der Waals surface area contributed by atoms with Crippen LogP contribution in [0.1, 0.15) is 25.8 Å². The highest BCUT2D eigenvalue weighted by molar-refractivity contribution is 5.18. The summed E-state index contributed by atoms with van der Waals surface area (Å²) < 4.78 is 18.9. The van der Waals surface area contributed by atoms with Crippen molar-refractivity contribution >= 4 is 0 Å². The van der Waals surface area contributed by atoms with Crippen LogP contribution in [0.4, 0.5) is 4.39 Å². The molecule has 0 aliphatic carbocycles. The van der Waals surface area contributed by atoms with Crippen molar-refractivity contribution in [3.8, 4) is 0 Å². The Morgan fingerprint density at radius 3 is 2.71 bits per heavy atom. The van der Waals surface area contributed by atoms with Crippen molar-refractivity contribution in [3.05, 3.63) is 35.6 Å². The highest BCUT2D eigenvalue weighted by atomic mass is 19.1. The molecule has 1 N–H and O–H groups in total. The van der Waals surface area contributed by atoms with Crippen molar-refractivity contribution in [2.24, 2.45) is 0 Å². The summed E-state index contributed by atoms with van der Waals surface area (Å²) in [5, 5.41) is 3.37. The fraction of sp³-hybridized carbons (Fsp3) is 0.571. The van der Waals surface area contributed by atoms with E-state index in [2.05, 4.69) is 12.2 Å². The van der Waals surface area contributed by atoms with Crippen LogP contribution in [-0.2, 0) is 11.2 Å². The topological polar surface area (TPSA) is 21.3 Å². The predicted molar refractivity (Wildman–Crippen MR) is 68.7 cm³/mol. The van der Waals surface area contributed by atoms with Crippen molar-refractivity contribution in [1.29, 1.82) is 0 Å². The Labute approximate surface area is 103 Å². The van der Waals surface area contributed by atoms with E-state index in [0.717, 1.165) is 31.7 Å². The number of benzene rings is 1. The SMILES string of the molecule is CCNC(CCOCC)Cc1ccccc1F. The van der Waals surface area contributed by atoms with Crippen LogP contribution < -0.4 is 5.32 Å². The van der Waals surface area contributed by atoms with Crippen LogP contribution in [-0.4, -0.2) is 25.8 Å². The first-order valence-corrected chi connectivity index (χ1v) is 6.32. The molecule has 1 aromatic rings. The van der Waals surface area contributed by atoms with Crippen molar-refractivity contribution in [2.75, 3.05) is 19.8 Å². The fourth-order valence-electron chi connectivity index (χ4n) is 1.86. The van der Waals surface area contributed by atoms with Crippen LogP contribution in [0.3, 0.4) is 0 Å². The molecular formula is C14H22FNO. The van der Waals surface area contributed by atoms with Crippen LogP contribution in [0, 0.1) is 5.82 Å². The molecular weight excluding hydrogens is 217 g/mol. The van der Waals surface area contributed by atoms with E-state index in [4.69, 9.17) is 4.74 Å². The third-order valence-corrected chi connectivity index (χ3v) is 2.73. The van der Waals surface area contributed by atoms with E-state index >= 15 is 0 Å². The Bertz CT molecular complexity index is 317. The number of ether oxygens (including phenoxy) is 1. The summed E-state index contributed by atoms with van der Waals surface area (Å²) in [7, 11) is 0. The van der Waals surface area contributed by atoms with E-state index < -0.39 is 0 Å². The molecule has 0 radical (unpaired) electrons. The fourth-order valence-corrected chi connectivity index (χ4v) is 1.86. The van der Waals surface area contributed by atoms with Gasteiger partial charge in [-0.3, -0.25) is 0 Å². The van der Waals surface area contributed by atoms with Gasteiger partial charge in [0.2, 0.25) is 0 Å². The maximum absolute atomic E-state index is 13.5. The first-order valence-electron chi connectivity index (χ1n) is 6.32. The highest BCUT2D eigenvalue weighted by Gasteiger charge is 2.10. The summed E-state index contributed by atoms with van der Waals surface area (Å²) in [4.78, 5) is 0. The Morgan fingerprint density at radius 2 is 2.06 bits per heavy atom. The molecule has 1 atom stereocenters. The van der Waals surface area contributed by atoms with E-state index in [1.807, 2.05) is 19.1 Å². The van der Waals surface area contributed by atoms with Gasteiger partial charge in [-0.2, -0.15) is 0 Å². The summed E-state index contributed by atoms with van der Waals surface area (Å²) in [6.45, 7) is 6.40. The molecule has 0 aliphatic heterocycles. The highest BCUT2D eigenvalue weighted by Crippen LogP contribution is 2.10. The second-order valence-corrected chi connectivity index (χ2v) is 4.04. The molecule has 0 saturated heterocycles. The van der Waals surface area contributed by atoms with Gasteiger partial charge in [-0.15, -0.1) is 0 Å². The zero-order chi connectivity index (χ0) is 12.5. The lowest BCUT2D eigenvalue weighted by Gasteiger charge is -2.18. The zero-order valence-corrected chi connectivity index (χ0v) is 10.7. The van der Waals surface area contributed by atoms with Crippen LogP contribution >= 0.6 is 0 Å². The van der Waals surface area contributed by atoms with Crippen molar-refractivity contribution in [3.63, 3.8) is 0 Å². The first kappa shape index (κ1) is 14.1. The van der Waals surface area contributed by atoms with Gasteiger partial charge in [0, 0.05) is 19.3 Å². The van der Waals surface area contributed by atoms with Gasteiger partial charge >= 0.3 is 0 Å². The average molecular weight is 239 g/mol. The summed E-state index contributed by atoms with van der Waals surface area (Å²) in [5.74, 6) is -0.119. The minimum absolute atomic E-state index is 0.119. The lowest BCUT2D eigenvalue weighted by atomic mass is 10.0. The van der Waals surface area contributed by atoms with E-state index in [-0.39, 0.29) is 11.9 Å². The Hall–Kier alpha value is -0.930. The van der Waals surface area contributed by atoms with Gasteiger partial charge in [0.15, 0.2) is 0 Å². The molecule has 0 spiro atoms. The second-order valence-electron chi connectivity index (χ2n) is 4.04. The van der Waals surface area contributed by atoms with Gasteiger partial charge in [-0.25, -0.2) is 4.39 Å². The zero-order valence-electron chi connectivity index (χ0n) is 10.7. The maximum atomic E-state index is 13.5. The van der Waals surface area contributed by atoms with Crippen LogP contribution in [0.5, 0.6) is 0 Å². The molecule has 0 aromatic heterocycles. The first-order chi connectivity index (χ1) is 8.27. The van der Waals surface area contributed by atoms with E-state index in [0.29, 0.717) is 6.42 Å². The monoisotopic (exact) mass is 239 g/mol. The summed E-state index contributed by atoms with van der Waals surface area (Å²) >= 11 is 0. The number of rotatable bonds is 8. The molecule has 17 heavy (non-hydrogen) atoms. The minimum atomic E-state index is -0.119. The molecule has 0 aliphatic rings. The van der Waals surface area contributed by atoms with Crippen molar-refractivity contribution in [1.82, 2.24) is 5.32 Å². The van der Waals surface area contributed by atoms with Crippen LogP contribution in [0.2, 0.25) is 0 Å². The van der Waals surface area contributed by atoms with Gasteiger partial charge in [0.1, 0.15) is 5.82 Å². The molecule has 96 valence electrons. The number of hydrogen-bond donors (Lipinski definition) is 1. The maximum Gasteiger partial charge on any atom is 0.126 e.